The summed E-state index contributed by atoms with van der Waals surface area (Å²) in [6, 6.07) is 0. The highest BCUT2D eigenvalue weighted by atomic mass is 16.7. The summed E-state index contributed by atoms with van der Waals surface area (Å²) in [4.78, 5) is 39.8. The molecule has 8 nitrogen and oxygen atoms in total. The average molecular weight is 678 g/mol. The van der Waals surface area contributed by atoms with E-state index in [0.717, 1.165) is 90.3 Å². The largest absolute Gasteiger partial charge is 0.508 e. The fourth-order valence-corrected chi connectivity index (χ4v) is 6.13. The van der Waals surface area contributed by atoms with E-state index in [1.54, 1.807) is 0 Å². The van der Waals surface area contributed by atoms with Crippen LogP contribution in [0, 0.1) is 17.8 Å². The van der Waals surface area contributed by atoms with Crippen LogP contribution in [0.25, 0.3) is 0 Å². The zero-order chi connectivity index (χ0) is 35.1. The van der Waals surface area contributed by atoms with Crippen LogP contribution in [0.4, 0.5) is 4.79 Å². The lowest BCUT2D eigenvalue weighted by molar-refractivity contribution is -0.154. The van der Waals surface area contributed by atoms with Crippen molar-refractivity contribution in [3.8, 4) is 0 Å². The molecule has 0 aliphatic heterocycles. The van der Waals surface area contributed by atoms with Gasteiger partial charge in [0.15, 0.2) is 0 Å². The summed E-state index contributed by atoms with van der Waals surface area (Å²) >= 11 is 0. The van der Waals surface area contributed by atoms with Crippen molar-refractivity contribution in [2.75, 3.05) is 46.1 Å². The summed E-state index contributed by atoms with van der Waals surface area (Å²) in [5.74, 6) is -0.300. The van der Waals surface area contributed by atoms with Gasteiger partial charge < -0.3 is 23.8 Å². The molecule has 0 heterocycles. The quantitative estimate of drug-likeness (QED) is 0.0334. The first-order valence-electron chi connectivity index (χ1n) is 19.6. The van der Waals surface area contributed by atoms with E-state index in [-0.39, 0.29) is 44.3 Å². The Morgan fingerprint density at radius 3 is 1.96 bits per heavy atom. The molecule has 0 bridgehead atoms. The summed E-state index contributed by atoms with van der Waals surface area (Å²) in [7, 11) is 0. The molecule has 0 amide bonds. The van der Waals surface area contributed by atoms with Gasteiger partial charge in [-0.2, -0.15) is 0 Å². The highest BCUT2D eigenvalue weighted by Gasteiger charge is 2.28. The molecule has 0 aromatic rings. The van der Waals surface area contributed by atoms with Gasteiger partial charge in [-0.05, 0) is 89.6 Å². The number of allylic oxidation sites excluding steroid dienone is 4. The van der Waals surface area contributed by atoms with Crippen LogP contribution in [-0.2, 0) is 28.5 Å². The maximum absolute atomic E-state index is 12.8. The number of hydrogen-bond acceptors (Lipinski definition) is 8. The van der Waals surface area contributed by atoms with Gasteiger partial charge in [-0.3, -0.25) is 9.59 Å². The fraction of sp³-hybridized carbons (Fsp3) is 0.825. The molecule has 0 aromatic heterocycles. The third-order valence-corrected chi connectivity index (χ3v) is 9.32. The minimum absolute atomic E-state index is 0.0326. The second kappa shape index (κ2) is 30.7. The fourth-order valence-electron chi connectivity index (χ4n) is 6.13. The Morgan fingerprint density at radius 1 is 0.667 bits per heavy atom. The number of rotatable bonds is 29. The Labute approximate surface area is 293 Å². The molecule has 48 heavy (non-hydrogen) atoms. The molecule has 1 aliphatic rings. The highest BCUT2D eigenvalue weighted by molar-refractivity contribution is 5.72. The number of esters is 2. The molecule has 0 N–H and O–H groups in total. The van der Waals surface area contributed by atoms with Crippen LogP contribution < -0.4 is 0 Å². The van der Waals surface area contributed by atoms with Gasteiger partial charge in [-0.15, -0.1) is 0 Å². The van der Waals surface area contributed by atoms with Crippen molar-refractivity contribution in [2.24, 2.45) is 17.8 Å². The number of unbranched alkanes of at least 4 members (excludes halogenated alkanes) is 8. The van der Waals surface area contributed by atoms with E-state index in [4.69, 9.17) is 18.9 Å². The molecule has 0 saturated heterocycles. The summed E-state index contributed by atoms with van der Waals surface area (Å²) in [6.07, 6.45) is 28.0. The van der Waals surface area contributed by atoms with Crippen molar-refractivity contribution in [1.29, 1.82) is 0 Å². The number of hydrogen-bond donors (Lipinski definition) is 0. The van der Waals surface area contributed by atoms with Gasteiger partial charge in [-0.1, -0.05) is 96.9 Å². The molecule has 1 rings (SSSR count). The van der Waals surface area contributed by atoms with Gasteiger partial charge in [0.25, 0.3) is 0 Å². The summed E-state index contributed by atoms with van der Waals surface area (Å²) in [5, 5.41) is 0. The second-order valence-electron chi connectivity index (χ2n) is 13.5. The van der Waals surface area contributed by atoms with Crippen molar-refractivity contribution in [2.45, 2.75) is 150 Å². The number of nitrogens with zero attached hydrogens (tertiary/aromatic N) is 1. The predicted octanol–water partition coefficient (Wildman–Crippen LogP) is 9.99. The molecule has 0 radical (unpaired) electrons. The van der Waals surface area contributed by atoms with Gasteiger partial charge in [0.05, 0.1) is 18.4 Å². The first kappa shape index (κ1) is 43.7. The van der Waals surface area contributed by atoms with Crippen molar-refractivity contribution in [1.82, 2.24) is 4.90 Å². The summed E-state index contributed by atoms with van der Waals surface area (Å²) < 4.78 is 21.8. The molecular weight excluding hydrogens is 606 g/mol. The summed E-state index contributed by atoms with van der Waals surface area (Å²) in [6.45, 7) is 11.7. The Kier molecular flexibility index (Phi) is 27.9. The average Bonchev–Trinajstić information content (AvgIpc) is 3.10. The zero-order valence-electron chi connectivity index (χ0n) is 31.2. The van der Waals surface area contributed by atoms with Crippen LogP contribution in [0.5, 0.6) is 0 Å². The molecule has 0 aromatic carbocycles. The van der Waals surface area contributed by atoms with Crippen molar-refractivity contribution in [3.05, 3.63) is 24.3 Å². The minimum Gasteiger partial charge on any atom is -0.465 e. The number of ether oxygens (including phenoxy) is 4. The first-order chi connectivity index (χ1) is 23.4. The van der Waals surface area contributed by atoms with E-state index in [1.165, 1.54) is 44.9 Å². The molecule has 0 spiro atoms. The Bertz CT molecular complexity index is 862. The Balaban J connectivity index is 2.34. The standard InChI is InChI=1S/C40H71NO7/c1-5-9-10-11-12-13-14-15-16-17-18-19-20-21-22-25-38(42)46-32-36(34-48-40(44)45-31-23-30-41(7-3)8-4)33-47-39(43)37-28-26-35(24-6-2)27-29-37/h12-13,15-16,35-37H,5-11,14,17-34H2,1-4H3/b13-12-,16-15-. The maximum atomic E-state index is 12.8. The smallest absolute Gasteiger partial charge is 0.465 e. The van der Waals surface area contributed by atoms with Crippen LogP contribution in [0.15, 0.2) is 24.3 Å². The lowest BCUT2D eigenvalue weighted by atomic mass is 9.80. The van der Waals surface area contributed by atoms with Crippen LogP contribution >= 0.6 is 0 Å². The Morgan fingerprint density at radius 2 is 1.29 bits per heavy atom. The van der Waals surface area contributed by atoms with Gasteiger partial charge in [0, 0.05) is 13.0 Å². The molecule has 1 unspecified atom stereocenters. The van der Waals surface area contributed by atoms with Crippen molar-refractivity contribution >= 4 is 18.1 Å². The van der Waals surface area contributed by atoms with E-state index in [1.807, 2.05) is 0 Å². The van der Waals surface area contributed by atoms with Crippen LogP contribution in [-0.4, -0.2) is 69.1 Å². The molecule has 278 valence electrons. The SMILES string of the molecule is CCCCC/C=C\C/C=C\CCCCCCCC(=O)OCC(COC(=O)OCCCN(CC)CC)COC(=O)C1CCC(CCC)CC1. The third-order valence-electron chi connectivity index (χ3n) is 9.32. The molecule has 1 atom stereocenters. The predicted molar refractivity (Wildman–Crippen MR) is 195 cm³/mol. The first-order valence-corrected chi connectivity index (χ1v) is 19.6. The van der Waals surface area contributed by atoms with E-state index in [9.17, 15) is 14.4 Å². The second-order valence-corrected chi connectivity index (χ2v) is 13.5. The lowest BCUT2D eigenvalue weighted by Crippen LogP contribution is -2.30. The van der Waals surface area contributed by atoms with Crippen molar-refractivity contribution < 1.29 is 33.3 Å². The van der Waals surface area contributed by atoms with Gasteiger partial charge in [0.1, 0.15) is 19.8 Å². The molecule has 1 fully saturated rings. The van der Waals surface area contributed by atoms with Gasteiger partial charge in [-0.25, -0.2) is 4.79 Å². The molecule has 1 aliphatic carbocycles. The maximum Gasteiger partial charge on any atom is 0.508 e. The lowest BCUT2D eigenvalue weighted by Gasteiger charge is -2.27. The van der Waals surface area contributed by atoms with Crippen LogP contribution in [0.1, 0.15) is 150 Å². The minimum atomic E-state index is -0.753. The highest BCUT2D eigenvalue weighted by Crippen LogP contribution is 2.32. The molecule has 1 saturated carbocycles. The van der Waals surface area contributed by atoms with Gasteiger partial charge in [0.2, 0.25) is 0 Å². The topological polar surface area (TPSA) is 91.4 Å². The molecular formula is C40H71NO7. The third kappa shape index (κ3) is 23.9. The van der Waals surface area contributed by atoms with Crippen molar-refractivity contribution in [3.63, 3.8) is 0 Å². The van der Waals surface area contributed by atoms with E-state index < -0.39 is 12.1 Å². The van der Waals surface area contributed by atoms with Crippen LogP contribution in [0.2, 0.25) is 0 Å². The molecule has 8 heteroatoms. The van der Waals surface area contributed by atoms with Gasteiger partial charge >= 0.3 is 18.1 Å². The number of carbonyl (C=O) groups is 3. The van der Waals surface area contributed by atoms with E-state index >= 15 is 0 Å². The monoisotopic (exact) mass is 678 g/mol. The zero-order valence-corrected chi connectivity index (χ0v) is 31.2. The normalized spacial score (nSPS) is 17.2. The summed E-state index contributed by atoms with van der Waals surface area (Å²) in [5.41, 5.74) is 0. The Hall–Kier alpha value is -2.35. The van der Waals surface area contributed by atoms with E-state index in [0.29, 0.717) is 12.3 Å². The number of carbonyl (C=O) groups excluding carboxylic acids is 3. The van der Waals surface area contributed by atoms with Crippen LogP contribution in [0.3, 0.4) is 0 Å². The van der Waals surface area contributed by atoms with E-state index in [2.05, 4.69) is 56.9 Å².